The van der Waals surface area contributed by atoms with Crippen LogP contribution in [0.4, 0.5) is 5.13 Å². The summed E-state index contributed by atoms with van der Waals surface area (Å²) in [6.07, 6.45) is 1.87. The molecular weight excluding hydrogens is 344 g/mol. The molecule has 6 nitrogen and oxygen atoms in total. The van der Waals surface area contributed by atoms with Crippen molar-refractivity contribution in [2.75, 3.05) is 12.1 Å². The highest BCUT2D eigenvalue weighted by atomic mass is 32.1. The maximum Gasteiger partial charge on any atom is 0.231 e. The minimum Gasteiger partial charge on any atom is -0.454 e. The Balaban J connectivity index is 1.38. The normalized spacial score (nSPS) is 12.8. The van der Waals surface area contributed by atoms with Crippen LogP contribution in [0.1, 0.15) is 5.56 Å². The Labute approximate surface area is 145 Å². The number of hydrogen-bond acceptors (Lipinski definition) is 7. The molecule has 120 valence electrons. The van der Waals surface area contributed by atoms with Crippen molar-refractivity contribution in [1.82, 2.24) is 14.6 Å². The Morgan fingerprint density at radius 1 is 1.21 bits per heavy atom. The van der Waals surface area contributed by atoms with Gasteiger partial charge in [0.2, 0.25) is 16.9 Å². The monoisotopic (exact) mass is 356 g/mol. The summed E-state index contributed by atoms with van der Waals surface area (Å²) in [5.41, 5.74) is 2.14. The van der Waals surface area contributed by atoms with Gasteiger partial charge < -0.3 is 14.8 Å². The van der Waals surface area contributed by atoms with Crippen molar-refractivity contribution in [3.63, 3.8) is 0 Å². The highest BCUT2D eigenvalue weighted by Crippen LogP contribution is 2.33. The molecule has 1 N–H and O–H groups in total. The van der Waals surface area contributed by atoms with Gasteiger partial charge in [-0.15, -0.1) is 16.4 Å². The molecule has 1 aliphatic heterocycles. The minimum absolute atomic E-state index is 0.293. The van der Waals surface area contributed by atoms with Crippen molar-refractivity contribution in [2.24, 2.45) is 0 Å². The predicted octanol–water partition coefficient (Wildman–Crippen LogP) is 3.86. The van der Waals surface area contributed by atoms with Crippen molar-refractivity contribution in [1.29, 1.82) is 0 Å². The lowest BCUT2D eigenvalue weighted by Gasteiger charge is -2.03. The summed E-state index contributed by atoms with van der Waals surface area (Å²) < 4.78 is 12.6. The summed E-state index contributed by atoms with van der Waals surface area (Å²) in [6, 6.07) is 10.1. The van der Waals surface area contributed by atoms with Gasteiger partial charge in [0.25, 0.3) is 0 Å². The number of aromatic nitrogens is 3. The standard InChI is InChI=1S/C16H12N4O2S2/c1-2-14(23-5-1)11-8-18-16-20(11)19-15(24-16)17-7-10-3-4-12-13(6-10)22-9-21-12/h1-6,8H,7,9H2,(H,17,19). The van der Waals surface area contributed by atoms with Gasteiger partial charge in [-0.1, -0.05) is 23.5 Å². The molecule has 1 aromatic carbocycles. The molecule has 0 atom stereocenters. The van der Waals surface area contributed by atoms with E-state index in [-0.39, 0.29) is 0 Å². The Morgan fingerprint density at radius 2 is 2.17 bits per heavy atom. The number of hydrogen-bond donors (Lipinski definition) is 1. The van der Waals surface area contributed by atoms with E-state index in [0.29, 0.717) is 13.3 Å². The topological polar surface area (TPSA) is 60.7 Å². The highest BCUT2D eigenvalue weighted by molar-refractivity contribution is 7.20. The van der Waals surface area contributed by atoms with Crippen molar-refractivity contribution < 1.29 is 9.47 Å². The molecule has 0 saturated heterocycles. The number of nitrogens with one attached hydrogen (secondary N) is 1. The van der Waals surface area contributed by atoms with Gasteiger partial charge in [0.05, 0.1) is 11.1 Å². The maximum absolute atomic E-state index is 5.41. The van der Waals surface area contributed by atoms with Crippen molar-refractivity contribution in [3.05, 3.63) is 47.5 Å². The van der Waals surface area contributed by atoms with Crippen molar-refractivity contribution >= 4 is 32.8 Å². The second-order valence-corrected chi connectivity index (χ2v) is 7.17. The Kier molecular flexibility index (Phi) is 3.17. The molecule has 0 amide bonds. The van der Waals surface area contributed by atoms with Gasteiger partial charge in [-0.25, -0.2) is 9.50 Å². The SMILES string of the molecule is c1csc(-c2cnc3sc(NCc4ccc5c(c4)OCO5)nn23)c1. The van der Waals surface area contributed by atoms with Crippen LogP contribution in [0, 0.1) is 0 Å². The number of nitrogens with zero attached hydrogens (tertiary/aromatic N) is 3. The second-order valence-electron chi connectivity index (χ2n) is 5.26. The van der Waals surface area contributed by atoms with Crippen LogP contribution in [-0.4, -0.2) is 21.4 Å². The molecule has 5 rings (SSSR count). The lowest BCUT2D eigenvalue weighted by atomic mass is 10.2. The number of benzene rings is 1. The largest absolute Gasteiger partial charge is 0.454 e. The van der Waals surface area contributed by atoms with E-state index in [9.17, 15) is 0 Å². The van der Waals surface area contributed by atoms with Gasteiger partial charge in [-0.2, -0.15) is 0 Å². The number of ether oxygens (including phenoxy) is 2. The van der Waals surface area contributed by atoms with Gasteiger partial charge in [0.15, 0.2) is 11.5 Å². The van der Waals surface area contributed by atoms with E-state index in [0.717, 1.165) is 37.7 Å². The molecule has 8 heteroatoms. The van der Waals surface area contributed by atoms with Gasteiger partial charge >= 0.3 is 0 Å². The number of fused-ring (bicyclic) bond motifs is 2. The zero-order valence-corrected chi connectivity index (χ0v) is 14.1. The predicted molar refractivity (Wildman–Crippen MR) is 94.1 cm³/mol. The Hall–Kier alpha value is -2.58. The first-order valence-corrected chi connectivity index (χ1v) is 9.07. The summed E-state index contributed by atoms with van der Waals surface area (Å²) in [6.45, 7) is 0.961. The summed E-state index contributed by atoms with van der Waals surface area (Å²) >= 11 is 3.22. The first kappa shape index (κ1) is 13.8. The van der Waals surface area contributed by atoms with Crippen LogP contribution < -0.4 is 14.8 Å². The molecule has 0 aliphatic carbocycles. The summed E-state index contributed by atoms with van der Waals surface area (Å²) in [5, 5.41) is 10.9. The molecule has 24 heavy (non-hydrogen) atoms. The summed E-state index contributed by atoms with van der Waals surface area (Å²) in [5.74, 6) is 1.59. The fourth-order valence-corrected chi connectivity index (χ4v) is 4.08. The average Bonchev–Trinajstić information content (AvgIpc) is 3.34. The van der Waals surface area contributed by atoms with E-state index in [1.807, 2.05) is 35.0 Å². The number of thiophene rings is 1. The Morgan fingerprint density at radius 3 is 3.08 bits per heavy atom. The van der Waals surface area contributed by atoms with E-state index in [1.54, 1.807) is 11.3 Å². The zero-order chi connectivity index (χ0) is 15.9. The van der Waals surface area contributed by atoms with E-state index in [4.69, 9.17) is 9.47 Å². The van der Waals surface area contributed by atoms with Crippen LogP contribution in [0.5, 0.6) is 11.5 Å². The molecule has 4 heterocycles. The number of imidazole rings is 1. The molecule has 0 radical (unpaired) electrons. The average molecular weight is 356 g/mol. The minimum atomic E-state index is 0.293. The smallest absolute Gasteiger partial charge is 0.231 e. The molecule has 0 saturated carbocycles. The Bertz CT molecular complexity index is 1010. The molecule has 0 unspecified atom stereocenters. The molecule has 0 bridgehead atoms. The fraction of sp³-hybridized carbons (Fsp3) is 0.125. The van der Waals surface area contributed by atoms with Crippen LogP contribution in [-0.2, 0) is 6.54 Å². The first-order valence-electron chi connectivity index (χ1n) is 7.38. The zero-order valence-electron chi connectivity index (χ0n) is 12.4. The molecule has 1 aliphatic rings. The van der Waals surface area contributed by atoms with Gasteiger partial charge in [-0.3, -0.25) is 0 Å². The number of anilines is 1. The van der Waals surface area contributed by atoms with Crippen LogP contribution in [0.3, 0.4) is 0 Å². The fourth-order valence-electron chi connectivity index (χ4n) is 2.59. The van der Waals surface area contributed by atoms with E-state index in [1.165, 1.54) is 11.3 Å². The van der Waals surface area contributed by atoms with Crippen LogP contribution in [0.2, 0.25) is 0 Å². The quantitative estimate of drug-likeness (QED) is 0.602. The van der Waals surface area contributed by atoms with E-state index >= 15 is 0 Å². The van der Waals surface area contributed by atoms with Crippen molar-refractivity contribution in [3.8, 4) is 22.1 Å². The molecule has 4 aromatic rings. The third-order valence-corrected chi connectivity index (χ3v) is 5.51. The lowest BCUT2D eigenvalue weighted by Crippen LogP contribution is -2.00. The lowest BCUT2D eigenvalue weighted by molar-refractivity contribution is 0.174. The molecule has 0 fully saturated rings. The summed E-state index contributed by atoms with van der Waals surface area (Å²) in [7, 11) is 0. The first-order chi connectivity index (χ1) is 11.9. The van der Waals surface area contributed by atoms with Gasteiger partial charge in [0, 0.05) is 6.54 Å². The molecule has 3 aromatic heterocycles. The number of rotatable bonds is 4. The van der Waals surface area contributed by atoms with E-state index in [2.05, 4.69) is 26.8 Å². The van der Waals surface area contributed by atoms with Gasteiger partial charge in [-0.05, 0) is 29.1 Å². The molecular formula is C16H12N4O2S2. The third kappa shape index (κ3) is 2.31. The van der Waals surface area contributed by atoms with Crippen LogP contribution in [0.15, 0.2) is 41.9 Å². The highest BCUT2D eigenvalue weighted by Gasteiger charge is 2.14. The third-order valence-electron chi connectivity index (χ3n) is 3.74. The van der Waals surface area contributed by atoms with E-state index < -0.39 is 0 Å². The summed E-state index contributed by atoms with van der Waals surface area (Å²) in [4.78, 5) is 6.49. The second kappa shape index (κ2) is 5.50. The maximum atomic E-state index is 5.41. The van der Waals surface area contributed by atoms with Gasteiger partial charge in [0.1, 0.15) is 5.69 Å². The van der Waals surface area contributed by atoms with Crippen molar-refractivity contribution in [2.45, 2.75) is 6.54 Å². The van der Waals surface area contributed by atoms with Crippen LogP contribution in [0.25, 0.3) is 15.5 Å². The molecule has 0 spiro atoms. The van der Waals surface area contributed by atoms with Crippen LogP contribution >= 0.6 is 22.7 Å².